The molecule has 1 unspecified atom stereocenters. The Kier molecular flexibility index (Phi) is 40.5. The normalized spacial score (nSPS) is 11.4. The van der Waals surface area contributed by atoms with Crippen LogP contribution in [-0.2, 0) is 9.53 Å². The van der Waals surface area contributed by atoms with Gasteiger partial charge in [0.2, 0.25) is 0 Å². The molecule has 0 amide bonds. The van der Waals surface area contributed by atoms with Crippen molar-refractivity contribution in [2.24, 2.45) is 0 Å². The van der Waals surface area contributed by atoms with Gasteiger partial charge in [-0.3, -0.25) is 0 Å². The van der Waals surface area contributed by atoms with Crippen LogP contribution < -0.4 is 34.7 Å². The summed E-state index contributed by atoms with van der Waals surface area (Å²) in [7, 11) is 0. The second kappa shape index (κ2) is 35.5. The number of rotatable bonds is 25. The molecule has 34 heavy (non-hydrogen) atoms. The van der Waals surface area contributed by atoms with Gasteiger partial charge in [0.25, 0.3) is 0 Å². The van der Waals surface area contributed by atoms with Crippen molar-refractivity contribution in [2.75, 3.05) is 26.4 Å². The van der Waals surface area contributed by atoms with Gasteiger partial charge in [-0.1, -0.05) is 103 Å². The zero-order valence-electron chi connectivity index (χ0n) is 22.6. The molecule has 6 nitrogen and oxygen atoms in total. The molecule has 0 bridgehead atoms. The molecule has 0 rings (SSSR count). The number of aliphatic carboxylic acids is 1. The fourth-order valence-electron chi connectivity index (χ4n) is 3.56. The third kappa shape index (κ3) is 39.5. The number of ether oxygens (including phenoxy) is 1. The van der Waals surface area contributed by atoms with Crippen molar-refractivity contribution < 1.29 is 59.5 Å². The minimum atomic E-state index is -1.44. The molecule has 0 radical (unpaired) electrons. The van der Waals surface area contributed by atoms with E-state index in [0.29, 0.717) is 13.2 Å². The van der Waals surface area contributed by atoms with E-state index in [1.54, 1.807) is 0 Å². The topological polar surface area (TPSA) is 110 Å². The van der Waals surface area contributed by atoms with Gasteiger partial charge < -0.3 is 30.0 Å². The first-order valence-electron chi connectivity index (χ1n) is 13.7. The van der Waals surface area contributed by atoms with Crippen molar-refractivity contribution in [3.63, 3.8) is 0 Å². The molecule has 1 atom stereocenters. The van der Waals surface area contributed by atoms with Crippen molar-refractivity contribution in [3.05, 3.63) is 0 Å². The number of hydrogen-bond donors (Lipinski definition) is 3. The van der Waals surface area contributed by atoms with Crippen molar-refractivity contribution >= 4 is 5.97 Å². The molecular weight excluding hydrogens is 443 g/mol. The van der Waals surface area contributed by atoms with Crippen molar-refractivity contribution in [3.8, 4) is 0 Å². The van der Waals surface area contributed by atoms with Gasteiger partial charge >= 0.3 is 29.6 Å². The Labute approximate surface area is 232 Å². The number of carbonyl (C=O) groups is 1. The summed E-state index contributed by atoms with van der Waals surface area (Å²) < 4.78 is 5.76. The predicted octanol–water partition coefficient (Wildman–Crippen LogP) is 1.91. The largest absolute Gasteiger partial charge is 1.00 e. The van der Waals surface area contributed by atoms with Gasteiger partial charge in [0, 0.05) is 26.4 Å². The molecule has 0 aromatic carbocycles. The van der Waals surface area contributed by atoms with Gasteiger partial charge in [0.1, 0.15) is 0 Å². The van der Waals surface area contributed by atoms with Gasteiger partial charge in [0.15, 0.2) is 0 Å². The Morgan fingerprint density at radius 2 is 0.794 bits per heavy atom. The number of aliphatic hydroxyl groups excluding tert-OH is 3. The summed E-state index contributed by atoms with van der Waals surface area (Å²) >= 11 is 0. The monoisotopic (exact) mass is 498 g/mol. The van der Waals surface area contributed by atoms with E-state index in [2.05, 4.69) is 0 Å². The summed E-state index contributed by atoms with van der Waals surface area (Å²) in [6.45, 7) is 3.75. The molecule has 0 aliphatic heterocycles. The van der Waals surface area contributed by atoms with Crippen LogP contribution in [0, 0.1) is 0 Å². The molecule has 0 saturated carbocycles. The van der Waals surface area contributed by atoms with Gasteiger partial charge in [-0.15, -0.1) is 0 Å². The third-order valence-corrected chi connectivity index (χ3v) is 5.73. The maximum absolute atomic E-state index is 9.34. The van der Waals surface area contributed by atoms with E-state index in [1.165, 1.54) is 116 Å². The van der Waals surface area contributed by atoms with Crippen LogP contribution in [0.2, 0.25) is 0 Å². The average Bonchev–Trinajstić information content (AvgIpc) is 2.80. The van der Waals surface area contributed by atoms with E-state index in [-0.39, 0.29) is 29.6 Å². The van der Waals surface area contributed by atoms with E-state index in [4.69, 9.17) is 20.1 Å². The van der Waals surface area contributed by atoms with Crippen LogP contribution in [-0.4, -0.2) is 53.8 Å². The molecule has 0 aromatic heterocycles. The average molecular weight is 499 g/mol. The zero-order chi connectivity index (χ0) is 24.8. The summed E-state index contributed by atoms with van der Waals surface area (Å²) in [5, 5.41) is 34.7. The summed E-state index contributed by atoms with van der Waals surface area (Å²) in [5.41, 5.74) is 0. The van der Waals surface area contributed by atoms with Crippen LogP contribution in [0.15, 0.2) is 0 Å². The van der Waals surface area contributed by atoms with Crippen molar-refractivity contribution in [1.29, 1.82) is 0 Å². The number of unbranched alkanes of at least 4 members (excludes halogenated alkanes) is 18. The van der Waals surface area contributed by atoms with E-state index in [9.17, 15) is 9.90 Å². The molecule has 7 heteroatoms. The van der Waals surface area contributed by atoms with Crippen molar-refractivity contribution in [1.82, 2.24) is 0 Å². The SMILES string of the molecule is CC(O)C(=O)[O-].OCCCCCCCCCCCCOCCCCCCCCCCCCO.[Na+]. The number of aliphatic hydroxyl groups is 3. The molecule has 3 N–H and O–H groups in total. The molecule has 0 aliphatic carbocycles. The minimum Gasteiger partial charge on any atom is -0.547 e. The summed E-state index contributed by atoms with van der Waals surface area (Å²) in [6.07, 6.45) is 24.3. The first-order chi connectivity index (χ1) is 16.1. The molecule has 0 heterocycles. The van der Waals surface area contributed by atoms with Gasteiger partial charge in [0.05, 0.1) is 12.1 Å². The molecule has 0 aliphatic rings. The molecular formula is C27H55NaO6. The Bertz CT molecular complexity index is 345. The van der Waals surface area contributed by atoms with E-state index in [1.807, 2.05) is 0 Å². The molecule has 0 fully saturated rings. The Morgan fingerprint density at radius 3 is 1.00 bits per heavy atom. The molecule has 200 valence electrons. The fraction of sp³-hybridized carbons (Fsp3) is 0.963. The van der Waals surface area contributed by atoms with Crippen LogP contribution in [0.3, 0.4) is 0 Å². The third-order valence-electron chi connectivity index (χ3n) is 5.73. The summed E-state index contributed by atoms with van der Waals surface area (Å²) in [6, 6.07) is 0. The van der Waals surface area contributed by atoms with Gasteiger partial charge in [-0.25, -0.2) is 0 Å². The first kappa shape index (κ1) is 38.8. The summed E-state index contributed by atoms with van der Waals surface area (Å²) in [4.78, 5) is 9.34. The Balaban J connectivity index is -0.00000121. The van der Waals surface area contributed by atoms with Crippen LogP contribution in [0.1, 0.15) is 135 Å². The van der Waals surface area contributed by atoms with Crippen molar-refractivity contribution in [2.45, 2.75) is 141 Å². The molecule has 0 spiro atoms. The van der Waals surface area contributed by atoms with E-state index in [0.717, 1.165) is 33.0 Å². The minimum absolute atomic E-state index is 0. The Hall–Kier alpha value is 0.310. The molecule has 0 saturated heterocycles. The van der Waals surface area contributed by atoms with Crippen LogP contribution in [0.25, 0.3) is 0 Å². The predicted molar refractivity (Wildman–Crippen MR) is 134 cm³/mol. The smallest absolute Gasteiger partial charge is 0.547 e. The number of carbonyl (C=O) groups excluding carboxylic acids is 1. The Morgan fingerprint density at radius 1 is 0.588 bits per heavy atom. The van der Waals surface area contributed by atoms with Gasteiger partial charge in [-0.2, -0.15) is 0 Å². The number of carboxylic acids is 1. The fourth-order valence-corrected chi connectivity index (χ4v) is 3.56. The zero-order valence-corrected chi connectivity index (χ0v) is 24.6. The quantitative estimate of drug-likeness (QED) is 0.131. The standard InChI is InChI=1S/C24H50O3.C3H6O3.Na/c25-21-17-13-9-5-1-3-7-11-15-19-23-27-24-20-16-12-8-4-2-6-10-14-18-22-26;1-2(4)3(5)6;/h25-26H,1-24H2;2,4H,1H3,(H,5,6);/q;;+1/p-1. The van der Waals surface area contributed by atoms with E-state index >= 15 is 0 Å². The second-order valence-corrected chi connectivity index (χ2v) is 9.13. The molecule has 0 aromatic rings. The van der Waals surface area contributed by atoms with E-state index < -0.39 is 12.1 Å². The van der Waals surface area contributed by atoms with Gasteiger partial charge in [-0.05, 0) is 32.6 Å². The van der Waals surface area contributed by atoms with Crippen LogP contribution in [0.5, 0.6) is 0 Å². The van der Waals surface area contributed by atoms with Crippen LogP contribution >= 0.6 is 0 Å². The summed E-state index contributed by atoms with van der Waals surface area (Å²) in [5.74, 6) is -1.44. The maximum atomic E-state index is 9.34. The number of carboxylic acid groups (broad SMARTS) is 1. The number of hydrogen-bond acceptors (Lipinski definition) is 6. The maximum Gasteiger partial charge on any atom is 1.00 e. The van der Waals surface area contributed by atoms with Crippen LogP contribution in [0.4, 0.5) is 0 Å². The second-order valence-electron chi connectivity index (χ2n) is 9.13. The first-order valence-corrected chi connectivity index (χ1v) is 13.7.